The van der Waals surface area contributed by atoms with Crippen molar-refractivity contribution in [2.24, 2.45) is 0 Å². The second kappa shape index (κ2) is 6.77. The summed E-state index contributed by atoms with van der Waals surface area (Å²) < 4.78 is 4.92. The van der Waals surface area contributed by atoms with Crippen LogP contribution in [-0.2, 0) is 9.59 Å². The molecule has 0 heterocycles. The third kappa shape index (κ3) is 4.26. The molecule has 0 radical (unpaired) electrons. The van der Waals surface area contributed by atoms with Crippen molar-refractivity contribution in [3.8, 4) is 5.75 Å². The number of para-hydroxylation sites is 1. The number of esters is 1. The number of ketones is 1. The van der Waals surface area contributed by atoms with Gasteiger partial charge >= 0.3 is 5.97 Å². The van der Waals surface area contributed by atoms with Crippen LogP contribution in [0.1, 0.15) is 32.6 Å². The summed E-state index contributed by atoms with van der Waals surface area (Å²) >= 11 is 0. The summed E-state index contributed by atoms with van der Waals surface area (Å²) in [5.41, 5.74) is 0. The van der Waals surface area contributed by atoms with Gasteiger partial charge in [0.15, 0.2) is 0 Å². The number of carbonyl (C=O) groups excluding carboxylic acids is 2. The molecule has 16 heavy (non-hydrogen) atoms. The average molecular weight is 220 g/mol. The van der Waals surface area contributed by atoms with E-state index < -0.39 is 11.8 Å². The van der Waals surface area contributed by atoms with E-state index in [0.29, 0.717) is 5.75 Å². The Kier molecular flexibility index (Phi) is 5.26. The van der Waals surface area contributed by atoms with Crippen LogP contribution < -0.4 is 4.74 Å². The van der Waals surface area contributed by atoms with Gasteiger partial charge in [-0.2, -0.15) is 0 Å². The number of carbonyl (C=O) groups is 2. The molecule has 1 aromatic carbocycles. The molecular weight excluding hydrogens is 204 g/mol. The molecule has 0 aliphatic rings. The normalized spacial score (nSPS) is 9.81. The Morgan fingerprint density at radius 2 is 1.81 bits per heavy atom. The molecule has 0 saturated carbocycles. The van der Waals surface area contributed by atoms with Gasteiger partial charge in [0.25, 0.3) is 0 Å². The maximum absolute atomic E-state index is 11.3. The quantitative estimate of drug-likeness (QED) is 0.320. The minimum atomic E-state index is -0.762. The van der Waals surface area contributed by atoms with Crippen LogP contribution >= 0.6 is 0 Å². The van der Waals surface area contributed by atoms with Gasteiger partial charge in [-0.05, 0) is 18.6 Å². The summed E-state index contributed by atoms with van der Waals surface area (Å²) in [5.74, 6) is -0.795. The van der Waals surface area contributed by atoms with E-state index in [-0.39, 0.29) is 6.42 Å². The smallest absolute Gasteiger partial charge is 0.379 e. The molecule has 0 saturated heterocycles. The number of Topliss-reactive ketones (excluding diaryl/α,β-unsaturated/α-hetero) is 1. The first-order chi connectivity index (χ1) is 7.74. The van der Waals surface area contributed by atoms with Crippen molar-refractivity contribution in [3.63, 3.8) is 0 Å². The molecule has 0 unspecified atom stereocenters. The zero-order chi connectivity index (χ0) is 11.8. The Balaban J connectivity index is 2.38. The summed E-state index contributed by atoms with van der Waals surface area (Å²) in [6.07, 6.45) is 3.02. The maximum atomic E-state index is 11.3. The molecule has 0 bridgehead atoms. The molecule has 0 aliphatic carbocycles. The van der Waals surface area contributed by atoms with Crippen molar-refractivity contribution in [3.05, 3.63) is 30.3 Å². The second-order valence-electron chi connectivity index (χ2n) is 3.58. The molecule has 0 N–H and O–H groups in total. The summed E-state index contributed by atoms with van der Waals surface area (Å²) in [4.78, 5) is 22.7. The van der Waals surface area contributed by atoms with Gasteiger partial charge in [-0.3, -0.25) is 4.79 Å². The van der Waals surface area contributed by atoms with Gasteiger partial charge in [-0.15, -0.1) is 0 Å². The van der Waals surface area contributed by atoms with Crippen LogP contribution in [0.25, 0.3) is 0 Å². The molecule has 0 amide bonds. The van der Waals surface area contributed by atoms with Gasteiger partial charge in [0.2, 0.25) is 5.78 Å². The molecular formula is C13H16O3. The summed E-state index contributed by atoms with van der Waals surface area (Å²) in [7, 11) is 0. The number of hydrogen-bond acceptors (Lipinski definition) is 3. The maximum Gasteiger partial charge on any atom is 0.379 e. The third-order valence-corrected chi connectivity index (χ3v) is 2.19. The SMILES string of the molecule is CCCCCC(=O)C(=O)Oc1ccccc1. The van der Waals surface area contributed by atoms with Crippen LogP contribution in [-0.4, -0.2) is 11.8 Å². The number of benzene rings is 1. The van der Waals surface area contributed by atoms with Gasteiger partial charge in [0.05, 0.1) is 0 Å². The lowest BCUT2D eigenvalue weighted by Gasteiger charge is -2.02. The number of unbranched alkanes of at least 4 members (excludes halogenated alkanes) is 2. The van der Waals surface area contributed by atoms with Crippen LogP contribution in [0.2, 0.25) is 0 Å². The number of rotatable bonds is 6. The summed E-state index contributed by atoms with van der Waals surface area (Å²) in [6.45, 7) is 2.05. The molecule has 86 valence electrons. The lowest BCUT2D eigenvalue weighted by molar-refractivity contribution is -0.147. The molecule has 0 atom stereocenters. The first-order valence-corrected chi connectivity index (χ1v) is 5.54. The fourth-order valence-electron chi connectivity index (χ4n) is 1.29. The average Bonchev–Trinajstić information content (AvgIpc) is 2.30. The zero-order valence-electron chi connectivity index (χ0n) is 9.44. The topological polar surface area (TPSA) is 43.4 Å². The van der Waals surface area contributed by atoms with Crippen LogP contribution in [0.15, 0.2) is 30.3 Å². The van der Waals surface area contributed by atoms with E-state index in [1.54, 1.807) is 24.3 Å². The Hall–Kier alpha value is -1.64. The number of ether oxygens (including phenoxy) is 1. The van der Waals surface area contributed by atoms with Crippen LogP contribution in [0.5, 0.6) is 5.75 Å². The predicted octanol–water partition coefficient (Wildman–Crippen LogP) is 2.74. The zero-order valence-corrected chi connectivity index (χ0v) is 9.44. The first-order valence-electron chi connectivity index (χ1n) is 5.54. The summed E-state index contributed by atoms with van der Waals surface area (Å²) in [5, 5.41) is 0. The fourth-order valence-corrected chi connectivity index (χ4v) is 1.29. The predicted molar refractivity (Wildman–Crippen MR) is 61.2 cm³/mol. The molecule has 0 fully saturated rings. The van der Waals surface area contributed by atoms with Crippen molar-refractivity contribution in [1.82, 2.24) is 0 Å². The Morgan fingerprint density at radius 3 is 2.44 bits per heavy atom. The largest absolute Gasteiger partial charge is 0.421 e. The van der Waals surface area contributed by atoms with E-state index in [0.717, 1.165) is 19.3 Å². The lowest BCUT2D eigenvalue weighted by atomic mass is 10.1. The van der Waals surface area contributed by atoms with E-state index in [9.17, 15) is 9.59 Å². The molecule has 0 spiro atoms. The van der Waals surface area contributed by atoms with Crippen molar-refractivity contribution in [2.75, 3.05) is 0 Å². The highest BCUT2D eigenvalue weighted by Gasteiger charge is 2.15. The van der Waals surface area contributed by atoms with E-state index in [1.807, 2.05) is 13.0 Å². The van der Waals surface area contributed by atoms with Crippen molar-refractivity contribution < 1.29 is 14.3 Å². The van der Waals surface area contributed by atoms with Crippen LogP contribution in [0.4, 0.5) is 0 Å². The Bertz CT molecular complexity index is 343. The monoisotopic (exact) mass is 220 g/mol. The van der Waals surface area contributed by atoms with Crippen LogP contribution in [0, 0.1) is 0 Å². The molecule has 0 aliphatic heterocycles. The lowest BCUT2D eigenvalue weighted by Crippen LogP contribution is -2.19. The molecule has 3 heteroatoms. The Labute approximate surface area is 95.4 Å². The van der Waals surface area contributed by atoms with Gasteiger partial charge < -0.3 is 4.74 Å². The van der Waals surface area contributed by atoms with E-state index >= 15 is 0 Å². The standard InChI is InChI=1S/C13H16O3/c1-2-3-5-10-12(14)13(15)16-11-8-6-4-7-9-11/h4,6-9H,2-3,5,10H2,1H3. The van der Waals surface area contributed by atoms with E-state index in [2.05, 4.69) is 0 Å². The van der Waals surface area contributed by atoms with Gasteiger partial charge in [-0.1, -0.05) is 38.0 Å². The third-order valence-electron chi connectivity index (χ3n) is 2.19. The van der Waals surface area contributed by atoms with Crippen molar-refractivity contribution in [2.45, 2.75) is 32.6 Å². The van der Waals surface area contributed by atoms with E-state index in [1.165, 1.54) is 0 Å². The van der Waals surface area contributed by atoms with Gasteiger partial charge in [-0.25, -0.2) is 4.79 Å². The van der Waals surface area contributed by atoms with Crippen molar-refractivity contribution in [1.29, 1.82) is 0 Å². The molecule has 0 aromatic heterocycles. The Morgan fingerprint density at radius 1 is 1.12 bits per heavy atom. The molecule has 1 rings (SSSR count). The summed E-state index contributed by atoms with van der Waals surface area (Å²) in [6, 6.07) is 8.63. The van der Waals surface area contributed by atoms with Crippen molar-refractivity contribution >= 4 is 11.8 Å². The first kappa shape index (κ1) is 12.4. The van der Waals surface area contributed by atoms with E-state index in [4.69, 9.17) is 4.74 Å². The highest BCUT2D eigenvalue weighted by Crippen LogP contribution is 2.09. The van der Waals surface area contributed by atoms with Gasteiger partial charge in [0, 0.05) is 6.42 Å². The fraction of sp³-hybridized carbons (Fsp3) is 0.385. The highest BCUT2D eigenvalue weighted by molar-refractivity contribution is 6.34. The van der Waals surface area contributed by atoms with Crippen LogP contribution in [0.3, 0.4) is 0 Å². The minimum absolute atomic E-state index is 0.277. The minimum Gasteiger partial charge on any atom is -0.421 e. The molecule has 3 nitrogen and oxygen atoms in total. The van der Waals surface area contributed by atoms with Gasteiger partial charge in [0.1, 0.15) is 5.75 Å². The highest BCUT2D eigenvalue weighted by atomic mass is 16.5. The number of hydrogen-bond donors (Lipinski definition) is 0. The second-order valence-corrected chi connectivity index (χ2v) is 3.58. The molecule has 1 aromatic rings.